The van der Waals surface area contributed by atoms with Crippen molar-refractivity contribution in [2.75, 3.05) is 18.6 Å². The molecule has 0 aliphatic carbocycles. The van der Waals surface area contributed by atoms with Gasteiger partial charge in [0.1, 0.15) is 5.75 Å². The quantitative estimate of drug-likeness (QED) is 0.113. The maximum Gasteiger partial charge on any atom is 0.270 e. The summed E-state index contributed by atoms with van der Waals surface area (Å²) in [5.41, 5.74) is 9.01. The lowest BCUT2D eigenvalue weighted by Crippen LogP contribution is -2.49. The van der Waals surface area contributed by atoms with Crippen LogP contribution in [0.1, 0.15) is 30.1 Å². The van der Waals surface area contributed by atoms with E-state index < -0.39 is 11.6 Å². The molecule has 4 aromatic carbocycles. The first-order valence-electron chi connectivity index (χ1n) is 13.6. The summed E-state index contributed by atoms with van der Waals surface area (Å²) in [4.78, 5) is 18.9. The van der Waals surface area contributed by atoms with Gasteiger partial charge in [-0.3, -0.25) is 15.6 Å². The van der Waals surface area contributed by atoms with E-state index in [1.807, 2.05) is 97.1 Å². The lowest BCUT2D eigenvalue weighted by Gasteiger charge is -2.30. The predicted octanol–water partition coefficient (Wildman–Crippen LogP) is 6.09. The smallest absolute Gasteiger partial charge is 0.270 e. The number of ether oxygens (including phenoxy) is 2. The Morgan fingerprint density at radius 1 is 0.902 bits per heavy atom. The van der Waals surface area contributed by atoms with Gasteiger partial charge in [-0.2, -0.15) is 0 Å². The fourth-order valence-electron chi connectivity index (χ4n) is 4.77. The van der Waals surface area contributed by atoms with Crippen molar-refractivity contribution in [3.8, 4) is 16.9 Å². The molecule has 41 heavy (non-hydrogen) atoms. The first-order chi connectivity index (χ1) is 20.1. The maximum absolute atomic E-state index is 13.9. The van der Waals surface area contributed by atoms with Crippen molar-refractivity contribution >= 4 is 17.5 Å². The molecule has 0 unspecified atom stereocenters. The summed E-state index contributed by atoms with van der Waals surface area (Å²) in [6.45, 7) is 4.43. The highest BCUT2D eigenvalue weighted by molar-refractivity contribution is 6.01. The fourth-order valence-corrected chi connectivity index (χ4v) is 4.77. The molecule has 208 valence electrons. The molecule has 2 atom stereocenters. The minimum atomic E-state index is -1.30. The zero-order valence-electron chi connectivity index (χ0n) is 22.7. The molecule has 7 heteroatoms. The van der Waals surface area contributed by atoms with Crippen molar-refractivity contribution in [3.05, 3.63) is 133 Å². The van der Waals surface area contributed by atoms with E-state index in [9.17, 15) is 4.79 Å². The van der Waals surface area contributed by atoms with E-state index in [0.29, 0.717) is 24.7 Å². The number of benzene rings is 4. The largest absolute Gasteiger partial charge is 0.494 e. The summed E-state index contributed by atoms with van der Waals surface area (Å²) in [7, 11) is 0. The summed E-state index contributed by atoms with van der Waals surface area (Å²) < 4.78 is 12.2. The number of aliphatic imine (C=N–C) groups is 1. The van der Waals surface area contributed by atoms with Crippen LogP contribution in [0.5, 0.6) is 5.75 Å². The number of aliphatic hydroxyl groups is 1. The second-order valence-electron chi connectivity index (χ2n) is 9.72. The summed E-state index contributed by atoms with van der Waals surface area (Å²) in [5.74, 6) is 0.703. The van der Waals surface area contributed by atoms with Gasteiger partial charge in [0.2, 0.25) is 5.90 Å². The standard InChI is InChI=1S/C34H33N3O4/c1-2-22-34(33(39)37-36-29-12-7-4-8-13-29)31(27-16-14-26(15-17-27)25-10-5-3-6-11-25)41-32(35-34)28-18-20-30(21-19-28)40-24-9-23-38/h2-8,10-21,31,36,38H,1,9,22-24H2,(H,37,39)/t31-,34-/m0/s1. The molecule has 1 aliphatic rings. The third kappa shape index (κ3) is 6.31. The lowest BCUT2D eigenvalue weighted by atomic mass is 9.84. The molecule has 1 heterocycles. The second-order valence-corrected chi connectivity index (χ2v) is 9.72. The Labute approximate surface area is 240 Å². The Morgan fingerprint density at radius 2 is 1.54 bits per heavy atom. The number of rotatable bonds is 12. The van der Waals surface area contributed by atoms with E-state index in [1.165, 1.54) is 0 Å². The van der Waals surface area contributed by atoms with Crippen molar-refractivity contribution in [2.45, 2.75) is 24.5 Å². The number of nitrogens with one attached hydrogen (secondary N) is 2. The number of para-hydroxylation sites is 1. The van der Waals surface area contributed by atoms with Crippen LogP contribution in [0.3, 0.4) is 0 Å². The van der Waals surface area contributed by atoms with Gasteiger partial charge in [0, 0.05) is 25.0 Å². The summed E-state index contributed by atoms with van der Waals surface area (Å²) in [6.07, 6.45) is 1.81. The Morgan fingerprint density at radius 3 is 2.20 bits per heavy atom. The van der Waals surface area contributed by atoms with Gasteiger partial charge in [-0.1, -0.05) is 78.9 Å². The van der Waals surface area contributed by atoms with E-state index in [2.05, 4.69) is 29.6 Å². The van der Waals surface area contributed by atoms with Gasteiger partial charge in [0.15, 0.2) is 11.6 Å². The number of anilines is 1. The molecule has 5 rings (SSSR count). The third-order valence-corrected chi connectivity index (χ3v) is 6.90. The Bertz CT molecular complexity index is 1470. The molecule has 0 saturated carbocycles. The molecule has 1 amide bonds. The maximum atomic E-state index is 13.9. The number of hydrazine groups is 1. The minimum absolute atomic E-state index is 0.0724. The van der Waals surface area contributed by atoms with E-state index in [1.54, 1.807) is 6.08 Å². The van der Waals surface area contributed by atoms with E-state index >= 15 is 0 Å². The normalized spacial score (nSPS) is 17.7. The number of carbonyl (C=O) groups excluding carboxylic acids is 1. The first kappa shape index (κ1) is 27.7. The Balaban J connectivity index is 1.47. The number of aliphatic hydroxyl groups excluding tert-OH is 1. The average molecular weight is 548 g/mol. The van der Waals surface area contributed by atoms with E-state index in [-0.39, 0.29) is 18.9 Å². The minimum Gasteiger partial charge on any atom is -0.494 e. The summed E-state index contributed by atoms with van der Waals surface area (Å²) in [5, 5.41) is 9.01. The highest BCUT2D eigenvalue weighted by Crippen LogP contribution is 2.43. The van der Waals surface area contributed by atoms with Gasteiger partial charge in [0.25, 0.3) is 5.91 Å². The van der Waals surface area contributed by atoms with E-state index in [0.717, 1.165) is 27.9 Å². The molecule has 7 nitrogen and oxygen atoms in total. The van der Waals surface area contributed by atoms with Gasteiger partial charge in [0.05, 0.1) is 12.3 Å². The fraction of sp³-hybridized carbons (Fsp3) is 0.176. The molecular formula is C34H33N3O4. The van der Waals surface area contributed by atoms with Crippen molar-refractivity contribution in [2.24, 2.45) is 4.99 Å². The van der Waals surface area contributed by atoms with Crippen LogP contribution in [-0.4, -0.2) is 35.7 Å². The SMILES string of the molecule is C=CC[C@]1(C(=O)NNc2ccccc2)N=C(c2ccc(OCCCO)cc2)O[C@H]1c1ccc(-c2ccccc2)cc1. The lowest BCUT2D eigenvalue weighted by molar-refractivity contribution is -0.128. The molecule has 0 aromatic heterocycles. The molecule has 4 aromatic rings. The predicted molar refractivity (Wildman–Crippen MR) is 162 cm³/mol. The van der Waals surface area contributed by atoms with Crippen LogP contribution in [0.2, 0.25) is 0 Å². The van der Waals surface area contributed by atoms with Crippen LogP contribution in [0.4, 0.5) is 5.69 Å². The number of amides is 1. The number of nitrogens with zero attached hydrogens (tertiary/aromatic N) is 1. The molecule has 3 N–H and O–H groups in total. The molecule has 1 aliphatic heterocycles. The third-order valence-electron chi connectivity index (χ3n) is 6.90. The number of hydrogen-bond donors (Lipinski definition) is 3. The molecule has 0 radical (unpaired) electrons. The second kappa shape index (κ2) is 13.0. The summed E-state index contributed by atoms with van der Waals surface area (Å²) >= 11 is 0. The molecule has 0 spiro atoms. The van der Waals surface area contributed by atoms with E-state index in [4.69, 9.17) is 19.6 Å². The topological polar surface area (TPSA) is 92.2 Å². The molecule has 0 fully saturated rings. The number of hydrogen-bond acceptors (Lipinski definition) is 6. The molecule has 0 saturated heterocycles. The highest BCUT2D eigenvalue weighted by Gasteiger charge is 2.52. The van der Waals surface area contributed by atoms with Crippen molar-refractivity contribution in [1.29, 1.82) is 0 Å². The monoisotopic (exact) mass is 547 g/mol. The molecular weight excluding hydrogens is 514 g/mol. The van der Waals surface area contributed by atoms with Crippen molar-refractivity contribution in [1.82, 2.24) is 5.43 Å². The first-order valence-corrected chi connectivity index (χ1v) is 13.6. The highest BCUT2D eigenvalue weighted by atomic mass is 16.5. The van der Waals surface area contributed by atoms with Gasteiger partial charge in [-0.05, 0) is 53.1 Å². The van der Waals surface area contributed by atoms with Gasteiger partial charge >= 0.3 is 0 Å². The van der Waals surface area contributed by atoms with Crippen LogP contribution in [-0.2, 0) is 9.53 Å². The Hall–Kier alpha value is -4.88. The van der Waals surface area contributed by atoms with Gasteiger partial charge < -0.3 is 14.6 Å². The van der Waals surface area contributed by atoms with Crippen LogP contribution < -0.4 is 15.6 Å². The van der Waals surface area contributed by atoms with Crippen molar-refractivity contribution in [3.63, 3.8) is 0 Å². The summed E-state index contributed by atoms with van der Waals surface area (Å²) in [6, 6.07) is 34.9. The Kier molecular flexibility index (Phi) is 8.76. The van der Waals surface area contributed by atoms with Crippen molar-refractivity contribution < 1.29 is 19.4 Å². The zero-order valence-corrected chi connectivity index (χ0v) is 22.7. The van der Waals surface area contributed by atoms with Crippen LogP contribution in [0.15, 0.2) is 127 Å². The zero-order chi connectivity index (χ0) is 28.5. The van der Waals surface area contributed by atoms with Crippen LogP contribution in [0.25, 0.3) is 11.1 Å². The van der Waals surface area contributed by atoms with Crippen LogP contribution >= 0.6 is 0 Å². The van der Waals surface area contributed by atoms with Gasteiger partial charge in [-0.25, -0.2) is 4.99 Å². The number of carbonyl (C=O) groups is 1. The average Bonchev–Trinajstić information content (AvgIpc) is 3.42. The molecule has 0 bridgehead atoms. The van der Waals surface area contributed by atoms with Gasteiger partial charge in [-0.15, -0.1) is 6.58 Å². The van der Waals surface area contributed by atoms with Crippen LogP contribution in [0, 0.1) is 0 Å².